The molecule has 0 bridgehead atoms. The molecule has 144 valence electrons. The zero-order chi connectivity index (χ0) is 18.4. The van der Waals surface area contributed by atoms with Crippen molar-refractivity contribution >= 4 is 17.2 Å². The van der Waals surface area contributed by atoms with Crippen LogP contribution in [0, 0.1) is 5.92 Å². The summed E-state index contributed by atoms with van der Waals surface area (Å²) in [5, 5.41) is 16.6. The number of hydrogen-bond donors (Lipinski definition) is 2. The van der Waals surface area contributed by atoms with Crippen molar-refractivity contribution in [1.29, 1.82) is 0 Å². The number of allylic oxidation sites excluding steroid dienone is 1. The Kier molecular flexibility index (Phi) is 7.11. The van der Waals surface area contributed by atoms with E-state index in [0.29, 0.717) is 18.8 Å². The molecule has 6 heteroatoms. The number of carbonyl (C=O) groups excluding carboxylic acids is 1. The second kappa shape index (κ2) is 9.53. The number of carbonyl (C=O) groups is 1. The van der Waals surface area contributed by atoms with Crippen LogP contribution < -0.4 is 5.32 Å². The quantitative estimate of drug-likeness (QED) is 0.725. The molecule has 1 aromatic heterocycles. The van der Waals surface area contributed by atoms with Gasteiger partial charge in [-0.3, -0.25) is 4.79 Å². The molecule has 1 aliphatic carbocycles. The molecule has 1 saturated carbocycles. The highest BCUT2D eigenvalue weighted by molar-refractivity contribution is 7.08. The number of aliphatic hydroxyl groups excluding tert-OH is 1. The lowest BCUT2D eigenvalue weighted by Crippen LogP contribution is -2.41. The Labute approximate surface area is 159 Å². The van der Waals surface area contributed by atoms with Gasteiger partial charge >= 0.3 is 0 Å². The maximum Gasteiger partial charge on any atom is 0.286 e. The maximum absolute atomic E-state index is 12.7. The van der Waals surface area contributed by atoms with E-state index >= 15 is 0 Å². The summed E-state index contributed by atoms with van der Waals surface area (Å²) in [6, 6.07) is 2.35. The third-order valence-electron chi connectivity index (χ3n) is 5.25. The monoisotopic (exact) mass is 379 g/mol. The van der Waals surface area contributed by atoms with Gasteiger partial charge in [0.1, 0.15) is 0 Å². The van der Waals surface area contributed by atoms with Crippen molar-refractivity contribution in [3.8, 4) is 0 Å². The highest BCUT2D eigenvalue weighted by atomic mass is 32.1. The van der Waals surface area contributed by atoms with Crippen LogP contribution in [0.15, 0.2) is 28.7 Å². The predicted octanol–water partition coefficient (Wildman–Crippen LogP) is 3.56. The summed E-state index contributed by atoms with van der Waals surface area (Å²) >= 11 is 1.65. The highest BCUT2D eigenvalue weighted by Crippen LogP contribution is 2.40. The average Bonchev–Trinajstić information content (AvgIpc) is 3.34. The molecule has 3 rings (SSSR count). The lowest BCUT2D eigenvalue weighted by molar-refractivity contribution is -0.166. The van der Waals surface area contributed by atoms with E-state index in [4.69, 9.17) is 9.47 Å². The van der Waals surface area contributed by atoms with Gasteiger partial charge in [0, 0.05) is 31.1 Å². The Bertz CT molecular complexity index is 595. The van der Waals surface area contributed by atoms with Crippen LogP contribution in [0.1, 0.15) is 56.9 Å². The van der Waals surface area contributed by atoms with Crippen molar-refractivity contribution in [2.75, 3.05) is 13.2 Å². The number of aliphatic hydroxyl groups is 1. The molecule has 0 unspecified atom stereocenters. The lowest BCUT2D eigenvalue weighted by atomic mass is 9.81. The van der Waals surface area contributed by atoms with Gasteiger partial charge in [0.2, 0.25) is 6.29 Å². The fourth-order valence-electron chi connectivity index (χ4n) is 3.94. The van der Waals surface area contributed by atoms with Gasteiger partial charge in [-0.2, -0.15) is 11.3 Å². The standard InChI is InChI=1S/C20H29NO4S/c1-2-24-20-16(8-5-10-22)17(14-9-11-26-13-14)12-18(25-20)19(23)21-15-6-3-4-7-15/h9,11-13,15-17,20,22H,2-8,10H2,1H3,(H,21,23)/t16-,17+,20+/m1/s1. The van der Waals surface area contributed by atoms with E-state index in [1.165, 1.54) is 18.4 Å². The van der Waals surface area contributed by atoms with Crippen LogP contribution in [0.3, 0.4) is 0 Å². The van der Waals surface area contributed by atoms with E-state index in [0.717, 1.165) is 19.3 Å². The average molecular weight is 380 g/mol. The minimum absolute atomic E-state index is 0.0578. The number of thiophene rings is 1. The van der Waals surface area contributed by atoms with Gasteiger partial charge in [-0.1, -0.05) is 12.8 Å². The largest absolute Gasteiger partial charge is 0.459 e. The number of amides is 1. The molecule has 2 N–H and O–H groups in total. The fraction of sp³-hybridized carbons (Fsp3) is 0.650. The SMILES string of the molecule is CCO[C@H]1OC(C(=O)NC2CCCC2)=C[C@@H](c2ccsc2)[C@H]1CCCO. The molecule has 5 nitrogen and oxygen atoms in total. The van der Waals surface area contributed by atoms with Crippen LogP contribution in [0.25, 0.3) is 0 Å². The van der Waals surface area contributed by atoms with E-state index in [-0.39, 0.29) is 30.4 Å². The van der Waals surface area contributed by atoms with Crippen LogP contribution in [0.5, 0.6) is 0 Å². The molecular formula is C20H29NO4S. The molecule has 1 aliphatic heterocycles. The molecule has 0 radical (unpaired) electrons. The molecule has 1 amide bonds. The second-order valence-electron chi connectivity index (χ2n) is 7.04. The van der Waals surface area contributed by atoms with Crippen LogP contribution in [-0.2, 0) is 14.3 Å². The number of rotatable bonds is 8. The van der Waals surface area contributed by atoms with Crippen molar-refractivity contribution in [1.82, 2.24) is 5.32 Å². The van der Waals surface area contributed by atoms with Gasteiger partial charge in [0.15, 0.2) is 5.76 Å². The molecule has 0 spiro atoms. The summed E-state index contributed by atoms with van der Waals surface area (Å²) < 4.78 is 11.8. The molecule has 2 aliphatic rings. The summed E-state index contributed by atoms with van der Waals surface area (Å²) in [7, 11) is 0. The Morgan fingerprint density at radius 2 is 2.23 bits per heavy atom. The first-order valence-corrected chi connectivity index (χ1v) is 10.6. The van der Waals surface area contributed by atoms with Gasteiger partial charge in [-0.25, -0.2) is 0 Å². The van der Waals surface area contributed by atoms with Crippen LogP contribution in [0.4, 0.5) is 0 Å². The molecule has 1 aromatic rings. The summed E-state index contributed by atoms with van der Waals surface area (Å²) in [5.41, 5.74) is 1.18. The first-order valence-electron chi connectivity index (χ1n) is 9.66. The normalized spacial score (nSPS) is 26.4. The topological polar surface area (TPSA) is 67.8 Å². The third kappa shape index (κ3) is 4.67. The van der Waals surface area contributed by atoms with Gasteiger partial charge in [-0.15, -0.1) is 0 Å². The van der Waals surface area contributed by atoms with E-state index in [1.807, 2.05) is 13.0 Å². The highest BCUT2D eigenvalue weighted by Gasteiger charge is 2.38. The zero-order valence-corrected chi connectivity index (χ0v) is 16.2. The van der Waals surface area contributed by atoms with Crippen molar-refractivity contribution in [3.63, 3.8) is 0 Å². The maximum atomic E-state index is 12.7. The minimum Gasteiger partial charge on any atom is -0.459 e. The van der Waals surface area contributed by atoms with Crippen LogP contribution in [0.2, 0.25) is 0 Å². The van der Waals surface area contributed by atoms with Crippen molar-refractivity contribution in [2.24, 2.45) is 5.92 Å². The summed E-state index contributed by atoms with van der Waals surface area (Å²) in [6.45, 7) is 2.60. The van der Waals surface area contributed by atoms with E-state index in [9.17, 15) is 9.90 Å². The Balaban J connectivity index is 1.82. The smallest absolute Gasteiger partial charge is 0.286 e. The predicted molar refractivity (Wildman–Crippen MR) is 102 cm³/mol. The number of nitrogens with one attached hydrogen (secondary N) is 1. The van der Waals surface area contributed by atoms with Gasteiger partial charge in [0.05, 0.1) is 0 Å². The molecule has 3 atom stereocenters. The first kappa shape index (κ1) is 19.4. The molecule has 2 heterocycles. The van der Waals surface area contributed by atoms with Gasteiger partial charge in [0.25, 0.3) is 5.91 Å². The lowest BCUT2D eigenvalue weighted by Gasteiger charge is -2.36. The van der Waals surface area contributed by atoms with Crippen LogP contribution in [-0.4, -0.2) is 36.6 Å². The van der Waals surface area contributed by atoms with Crippen molar-refractivity contribution in [3.05, 3.63) is 34.2 Å². The van der Waals surface area contributed by atoms with Crippen molar-refractivity contribution in [2.45, 2.75) is 63.7 Å². The third-order valence-corrected chi connectivity index (χ3v) is 5.96. The molecule has 0 aromatic carbocycles. The summed E-state index contributed by atoms with van der Waals surface area (Å²) in [5.74, 6) is 0.372. The second-order valence-corrected chi connectivity index (χ2v) is 7.82. The summed E-state index contributed by atoms with van der Waals surface area (Å²) in [6.07, 6.45) is 7.39. The molecular weight excluding hydrogens is 350 g/mol. The zero-order valence-electron chi connectivity index (χ0n) is 15.4. The van der Waals surface area contributed by atoms with E-state index in [2.05, 4.69) is 22.1 Å². The van der Waals surface area contributed by atoms with Crippen molar-refractivity contribution < 1.29 is 19.4 Å². The van der Waals surface area contributed by atoms with E-state index < -0.39 is 6.29 Å². The molecule has 26 heavy (non-hydrogen) atoms. The van der Waals surface area contributed by atoms with Gasteiger partial charge < -0.3 is 19.9 Å². The first-order chi connectivity index (χ1) is 12.7. The minimum atomic E-state index is -0.467. The fourth-order valence-corrected chi connectivity index (χ4v) is 4.64. The molecule has 0 saturated heterocycles. The summed E-state index contributed by atoms with van der Waals surface area (Å²) in [4.78, 5) is 12.7. The van der Waals surface area contributed by atoms with E-state index in [1.54, 1.807) is 11.3 Å². The Morgan fingerprint density at radius 3 is 2.88 bits per heavy atom. The molecule has 1 fully saturated rings. The number of hydrogen-bond acceptors (Lipinski definition) is 5. The Morgan fingerprint density at radius 1 is 1.42 bits per heavy atom. The van der Waals surface area contributed by atoms with Gasteiger partial charge in [-0.05, 0) is 61.1 Å². The Hall–Kier alpha value is -1.37. The van der Waals surface area contributed by atoms with Crippen LogP contribution >= 0.6 is 11.3 Å². The number of ether oxygens (including phenoxy) is 2.